The molecule has 1 aliphatic heterocycles. The molecule has 0 saturated heterocycles. The second-order valence-electron chi connectivity index (χ2n) is 7.03. The predicted octanol–water partition coefficient (Wildman–Crippen LogP) is 3.51. The number of ketones is 1. The maximum atomic E-state index is 12.8. The van der Waals surface area contributed by atoms with Gasteiger partial charge in [-0.05, 0) is 23.3 Å². The fourth-order valence-electron chi connectivity index (χ4n) is 3.31. The molecule has 0 aliphatic carbocycles. The van der Waals surface area contributed by atoms with E-state index < -0.39 is 23.7 Å². The summed E-state index contributed by atoms with van der Waals surface area (Å²) in [7, 11) is 0. The van der Waals surface area contributed by atoms with E-state index in [1.54, 1.807) is 26.0 Å². The van der Waals surface area contributed by atoms with Crippen LogP contribution >= 0.6 is 0 Å². The molecule has 2 aromatic rings. The molecule has 6 heteroatoms. The molecule has 0 radical (unpaired) electrons. The number of Topliss-reactive ketones (excluding diaryl/α,β-unsaturated/α-hetero) is 1. The Morgan fingerprint density at radius 2 is 1.64 bits per heavy atom. The van der Waals surface area contributed by atoms with Crippen molar-refractivity contribution in [2.24, 2.45) is 5.92 Å². The van der Waals surface area contributed by atoms with E-state index in [-0.39, 0.29) is 29.4 Å². The van der Waals surface area contributed by atoms with Gasteiger partial charge >= 0.3 is 5.97 Å². The Bertz CT molecular complexity index is 945. The van der Waals surface area contributed by atoms with Gasteiger partial charge in [-0.3, -0.25) is 9.59 Å². The van der Waals surface area contributed by atoms with Crippen molar-refractivity contribution in [2.45, 2.75) is 26.4 Å². The Balaban J connectivity index is 2.00. The summed E-state index contributed by atoms with van der Waals surface area (Å²) >= 11 is 0. The summed E-state index contributed by atoms with van der Waals surface area (Å²) in [5, 5.41) is 19.5. The maximum absolute atomic E-state index is 12.8. The van der Waals surface area contributed by atoms with Gasteiger partial charge in [0.25, 0.3) is 5.91 Å². The molecule has 0 saturated carbocycles. The van der Waals surface area contributed by atoms with E-state index in [4.69, 9.17) is 5.11 Å². The summed E-state index contributed by atoms with van der Waals surface area (Å²) in [6, 6.07) is 14.6. The lowest BCUT2D eigenvalue weighted by atomic mass is 9.91. The smallest absolute Gasteiger partial charge is 0.335 e. The van der Waals surface area contributed by atoms with Gasteiger partial charge in [0.15, 0.2) is 11.5 Å². The normalized spacial score (nSPS) is 16.8. The second kappa shape index (κ2) is 7.68. The lowest BCUT2D eigenvalue weighted by Crippen LogP contribution is -2.31. The molecule has 144 valence electrons. The minimum absolute atomic E-state index is 0.105. The zero-order valence-electron chi connectivity index (χ0n) is 15.6. The van der Waals surface area contributed by atoms with Crippen molar-refractivity contribution in [3.05, 3.63) is 82.6 Å². The first-order valence-electron chi connectivity index (χ1n) is 8.96. The van der Waals surface area contributed by atoms with Crippen molar-refractivity contribution in [3.8, 4) is 0 Å². The fourth-order valence-corrected chi connectivity index (χ4v) is 3.31. The molecule has 1 heterocycles. The molecule has 1 amide bonds. The largest absolute Gasteiger partial charge is 0.503 e. The van der Waals surface area contributed by atoms with E-state index in [1.165, 1.54) is 17.0 Å². The summed E-state index contributed by atoms with van der Waals surface area (Å²) in [5.41, 5.74) is 1.68. The zero-order valence-corrected chi connectivity index (χ0v) is 15.6. The number of benzene rings is 2. The molecule has 1 unspecified atom stereocenters. The number of aromatic carboxylic acids is 1. The molecule has 3 rings (SSSR count). The highest BCUT2D eigenvalue weighted by molar-refractivity contribution is 6.09. The van der Waals surface area contributed by atoms with Crippen LogP contribution < -0.4 is 0 Å². The first kappa shape index (κ1) is 19.4. The van der Waals surface area contributed by atoms with Crippen molar-refractivity contribution in [2.75, 3.05) is 0 Å². The van der Waals surface area contributed by atoms with Crippen LogP contribution in [-0.4, -0.2) is 32.8 Å². The number of carbonyl (C=O) groups excluding carboxylic acids is 2. The third-order valence-electron chi connectivity index (χ3n) is 4.76. The monoisotopic (exact) mass is 379 g/mol. The van der Waals surface area contributed by atoms with Crippen molar-refractivity contribution < 1.29 is 24.6 Å². The van der Waals surface area contributed by atoms with Gasteiger partial charge in [0, 0.05) is 12.5 Å². The molecular weight excluding hydrogens is 358 g/mol. The second-order valence-corrected chi connectivity index (χ2v) is 7.03. The van der Waals surface area contributed by atoms with E-state index in [9.17, 15) is 19.5 Å². The van der Waals surface area contributed by atoms with Gasteiger partial charge in [-0.15, -0.1) is 0 Å². The van der Waals surface area contributed by atoms with E-state index in [2.05, 4.69) is 0 Å². The van der Waals surface area contributed by atoms with Crippen LogP contribution in [0.5, 0.6) is 0 Å². The minimum Gasteiger partial charge on any atom is -0.503 e. The number of aliphatic hydroxyl groups excluding tert-OH is 1. The number of carboxylic acid groups (broad SMARTS) is 1. The number of hydrogen-bond acceptors (Lipinski definition) is 4. The Hall–Kier alpha value is -3.41. The molecule has 1 aliphatic rings. The molecule has 1 atom stereocenters. The first-order chi connectivity index (χ1) is 13.3. The molecule has 2 aromatic carbocycles. The number of carboxylic acids is 1. The van der Waals surface area contributed by atoms with Gasteiger partial charge in [0.2, 0.25) is 0 Å². The summed E-state index contributed by atoms with van der Waals surface area (Å²) in [5.74, 6) is -2.81. The van der Waals surface area contributed by atoms with E-state index in [0.717, 1.165) is 5.56 Å². The third kappa shape index (κ3) is 3.53. The van der Waals surface area contributed by atoms with E-state index in [0.29, 0.717) is 5.56 Å². The van der Waals surface area contributed by atoms with E-state index >= 15 is 0 Å². The van der Waals surface area contributed by atoms with Gasteiger partial charge in [-0.2, -0.15) is 0 Å². The maximum Gasteiger partial charge on any atom is 0.335 e. The summed E-state index contributed by atoms with van der Waals surface area (Å²) in [6.07, 6.45) is 0. The van der Waals surface area contributed by atoms with Crippen LogP contribution in [0.1, 0.15) is 41.4 Å². The van der Waals surface area contributed by atoms with Crippen LogP contribution in [0.2, 0.25) is 0 Å². The average molecular weight is 379 g/mol. The number of carbonyl (C=O) groups is 3. The molecule has 28 heavy (non-hydrogen) atoms. The molecule has 0 fully saturated rings. The zero-order chi connectivity index (χ0) is 20.4. The summed E-state index contributed by atoms with van der Waals surface area (Å²) in [4.78, 5) is 38.0. The van der Waals surface area contributed by atoms with Crippen molar-refractivity contribution >= 4 is 17.7 Å². The lowest BCUT2D eigenvalue weighted by Gasteiger charge is -2.27. The highest BCUT2D eigenvalue weighted by Crippen LogP contribution is 2.39. The lowest BCUT2D eigenvalue weighted by molar-refractivity contribution is -0.130. The Morgan fingerprint density at radius 1 is 1.04 bits per heavy atom. The molecular formula is C22H21NO5. The van der Waals surface area contributed by atoms with Crippen molar-refractivity contribution in [3.63, 3.8) is 0 Å². The summed E-state index contributed by atoms with van der Waals surface area (Å²) < 4.78 is 0. The van der Waals surface area contributed by atoms with Gasteiger partial charge < -0.3 is 15.1 Å². The van der Waals surface area contributed by atoms with Crippen LogP contribution in [0.15, 0.2) is 65.9 Å². The minimum atomic E-state index is -1.03. The Morgan fingerprint density at radius 3 is 2.18 bits per heavy atom. The highest BCUT2D eigenvalue weighted by Gasteiger charge is 2.43. The molecule has 0 bridgehead atoms. The van der Waals surface area contributed by atoms with Crippen LogP contribution in [0, 0.1) is 5.92 Å². The standard InChI is InChI=1S/C22H21NO5/c1-13(2)19(24)17-18(15-6-4-3-5-7-15)23(21(26)20(17)25)12-14-8-10-16(11-9-14)22(27)28/h3-11,13,18,25H,12H2,1-2H3,(H,27,28). The SMILES string of the molecule is CC(C)C(=O)C1=C(O)C(=O)N(Cc2ccc(C(=O)O)cc2)C1c1ccccc1. The molecule has 6 nitrogen and oxygen atoms in total. The average Bonchev–Trinajstić information content (AvgIpc) is 2.93. The number of amides is 1. The van der Waals surface area contributed by atoms with Gasteiger partial charge in [-0.25, -0.2) is 4.79 Å². The molecule has 2 N–H and O–H groups in total. The highest BCUT2D eigenvalue weighted by atomic mass is 16.4. The number of nitrogens with zero attached hydrogens (tertiary/aromatic N) is 1. The number of rotatable bonds is 6. The number of aliphatic hydroxyl groups is 1. The molecule has 0 aromatic heterocycles. The third-order valence-corrected chi connectivity index (χ3v) is 4.76. The van der Waals surface area contributed by atoms with Crippen LogP contribution in [0.25, 0.3) is 0 Å². The number of hydrogen-bond donors (Lipinski definition) is 2. The predicted molar refractivity (Wildman–Crippen MR) is 103 cm³/mol. The summed E-state index contributed by atoms with van der Waals surface area (Å²) in [6.45, 7) is 3.59. The molecule has 0 spiro atoms. The van der Waals surface area contributed by atoms with Crippen LogP contribution in [0.4, 0.5) is 0 Å². The van der Waals surface area contributed by atoms with Gasteiger partial charge in [0.1, 0.15) is 0 Å². The first-order valence-corrected chi connectivity index (χ1v) is 8.96. The quantitative estimate of drug-likeness (QED) is 0.801. The Kier molecular flexibility index (Phi) is 5.31. The van der Waals surface area contributed by atoms with Gasteiger partial charge in [0.05, 0.1) is 17.2 Å². The Labute approximate surface area is 162 Å². The van der Waals surface area contributed by atoms with Gasteiger partial charge in [-0.1, -0.05) is 56.3 Å². The topological polar surface area (TPSA) is 94.9 Å². The van der Waals surface area contributed by atoms with Crippen molar-refractivity contribution in [1.82, 2.24) is 4.90 Å². The van der Waals surface area contributed by atoms with Crippen molar-refractivity contribution in [1.29, 1.82) is 0 Å². The van der Waals surface area contributed by atoms with Crippen LogP contribution in [0.3, 0.4) is 0 Å². The van der Waals surface area contributed by atoms with Crippen LogP contribution in [-0.2, 0) is 16.1 Å². The van der Waals surface area contributed by atoms with E-state index in [1.807, 2.05) is 30.3 Å². The fraction of sp³-hybridized carbons (Fsp3) is 0.227.